The Morgan fingerprint density at radius 2 is 1.88 bits per heavy atom. The molecule has 0 fully saturated rings. The van der Waals surface area contributed by atoms with E-state index in [0.717, 1.165) is 5.39 Å². The van der Waals surface area contributed by atoms with E-state index in [-0.39, 0.29) is 11.5 Å². The minimum Gasteiger partial charge on any atom is -0.493 e. The first-order valence-corrected chi connectivity index (χ1v) is 7.54. The van der Waals surface area contributed by atoms with E-state index in [4.69, 9.17) is 11.6 Å². The molecule has 2 aromatic carbocycles. The number of hydrogen-bond acceptors (Lipinski definition) is 4. The van der Waals surface area contributed by atoms with Crippen molar-refractivity contribution in [3.05, 3.63) is 75.7 Å². The van der Waals surface area contributed by atoms with Gasteiger partial charge >= 0.3 is 5.69 Å². The third-order valence-corrected chi connectivity index (χ3v) is 3.87. The van der Waals surface area contributed by atoms with E-state index in [9.17, 15) is 9.90 Å². The standard InChI is InChI=1S/C17H11ClN4O2/c18-11-5-7-12(8-6-11)19-16-20-13-4-2-1-3-10(13)9-14-15(23)21-17(24)22(14)16/h1-9,23H,(H,21,24). The Labute approximate surface area is 140 Å². The fourth-order valence-electron chi connectivity index (χ4n) is 2.49. The van der Waals surface area contributed by atoms with E-state index in [1.807, 2.05) is 24.3 Å². The average Bonchev–Trinajstić information content (AvgIpc) is 2.75. The summed E-state index contributed by atoms with van der Waals surface area (Å²) in [6, 6.07) is 15.9. The smallest absolute Gasteiger partial charge is 0.335 e. The summed E-state index contributed by atoms with van der Waals surface area (Å²) in [6.07, 6.45) is 0. The number of halogens is 1. The minimum absolute atomic E-state index is 0.162. The zero-order chi connectivity index (χ0) is 16.7. The highest BCUT2D eigenvalue weighted by Crippen LogP contribution is 2.18. The molecular weight excluding hydrogens is 328 g/mol. The predicted octanol–water partition coefficient (Wildman–Crippen LogP) is 2.77. The number of aromatic amines is 1. The third kappa shape index (κ3) is 2.43. The molecule has 7 heteroatoms. The van der Waals surface area contributed by atoms with Crippen LogP contribution in [0.2, 0.25) is 5.02 Å². The number of imidazole rings is 1. The molecule has 0 atom stereocenters. The van der Waals surface area contributed by atoms with Crippen LogP contribution in [0.15, 0.2) is 64.4 Å². The zero-order valence-corrected chi connectivity index (χ0v) is 13.0. The summed E-state index contributed by atoms with van der Waals surface area (Å²) in [5.74, 6) is -0.226. The maximum Gasteiger partial charge on any atom is 0.335 e. The molecule has 0 bridgehead atoms. The van der Waals surface area contributed by atoms with Gasteiger partial charge in [-0.25, -0.2) is 19.2 Å². The second kappa shape index (κ2) is 5.50. The largest absolute Gasteiger partial charge is 0.493 e. The molecule has 0 saturated heterocycles. The van der Waals surface area contributed by atoms with Crippen LogP contribution in [0.1, 0.15) is 0 Å². The first-order valence-electron chi connectivity index (χ1n) is 7.16. The number of rotatable bonds is 1. The summed E-state index contributed by atoms with van der Waals surface area (Å²) in [5.41, 5.74) is 1.21. The van der Waals surface area contributed by atoms with Gasteiger partial charge in [0.15, 0.2) is 0 Å². The number of fused-ring (bicyclic) bond motifs is 2. The first kappa shape index (κ1) is 14.5. The Kier molecular flexibility index (Phi) is 3.32. The van der Waals surface area contributed by atoms with Crippen molar-refractivity contribution in [2.24, 2.45) is 4.99 Å². The summed E-state index contributed by atoms with van der Waals surface area (Å²) >= 11 is 5.89. The Morgan fingerprint density at radius 1 is 1.12 bits per heavy atom. The maximum atomic E-state index is 12.2. The lowest BCUT2D eigenvalue weighted by Crippen LogP contribution is -2.25. The fourth-order valence-corrected chi connectivity index (χ4v) is 2.62. The lowest BCUT2D eigenvalue weighted by molar-refractivity contribution is 0.461. The number of hydrogen-bond donors (Lipinski definition) is 2. The Bertz CT molecular complexity index is 1190. The van der Waals surface area contributed by atoms with E-state index < -0.39 is 5.69 Å². The summed E-state index contributed by atoms with van der Waals surface area (Å²) in [4.78, 5) is 23.5. The minimum atomic E-state index is -0.511. The van der Waals surface area contributed by atoms with Crippen LogP contribution >= 0.6 is 11.6 Å². The van der Waals surface area contributed by atoms with Crippen molar-refractivity contribution in [3.63, 3.8) is 0 Å². The van der Waals surface area contributed by atoms with Gasteiger partial charge in [-0.2, -0.15) is 0 Å². The van der Waals surface area contributed by atoms with Crippen LogP contribution < -0.4 is 11.3 Å². The lowest BCUT2D eigenvalue weighted by Gasteiger charge is -1.93. The van der Waals surface area contributed by atoms with E-state index in [1.165, 1.54) is 4.40 Å². The van der Waals surface area contributed by atoms with Crippen LogP contribution in [0.4, 0.5) is 5.69 Å². The van der Waals surface area contributed by atoms with Gasteiger partial charge in [0.25, 0.3) is 0 Å². The summed E-state index contributed by atoms with van der Waals surface area (Å²) in [5, 5.41) is 11.4. The van der Waals surface area contributed by atoms with Crippen LogP contribution in [0.25, 0.3) is 16.4 Å². The number of nitrogens with one attached hydrogen (secondary N) is 1. The van der Waals surface area contributed by atoms with Crippen molar-refractivity contribution >= 4 is 33.7 Å². The fraction of sp³-hybridized carbons (Fsp3) is 0. The van der Waals surface area contributed by atoms with Gasteiger partial charge in [0.1, 0.15) is 5.52 Å². The van der Waals surface area contributed by atoms with Crippen LogP contribution in [-0.2, 0) is 0 Å². The van der Waals surface area contributed by atoms with E-state index in [2.05, 4.69) is 15.0 Å². The molecule has 2 N–H and O–H groups in total. The molecule has 0 aliphatic heterocycles. The summed E-state index contributed by atoms with van der Waals surface area (Å²) < 4.78 is 1.24. The third-order valence-electron chi connectivity index (χ3n) is 3.62. The van der Waals surface area contributed by atoms with E-state index in [1.54, 1.807) is 30.3 Å². The highest BCUT2D eigenvalue weighted by molar-refractivity contribution is 6.30. The molecule has 0 radical (unpaired) electrons. The molecule has 0 aliphatic rings. The molecule has 24 heavy (non-hydrogen) atoms. The van der Waals surface area contributed by atoms with Gasteiger partial charge < -0.3 is 5.11 Å². The monoisotopic (exact) mass is 338 g/mol. The van der Waals surface area contributed by atoms with Gasteiger partial charge in [-0.15, -0.1) is 0 Å². The molecule has 0 aliphatic carbocycles. The SMILES string of the molecule is O=c1[nH]c(O)c2cc3ccccc3nc(=Nc3ccc(Cl)cc3)n12. The molecule has 4 aromatic rings. The van der Waals surface area contributed by atoms with Gasteiger partial charge in [-0.1, -0.05) is 29.8 Å². The van der Waals surface area contributed by atoms with Gasteiger partial charge in [-0.05, 0) is 36.4 Å². The number of benzene rings is 2. The summed E-state index contributed by atoms with van der Waals surface area (Å²) in [7, 11) is 0. The highest BCUT2D eigenvalue weighted by Gasteiger charge is 2.09. The maximum absolute atomic E-state index is 12.2. The lowest BCUT2D eigenvalue weighted by atomic mass is 10.2. The van der Waals surface area contributed by atoms with Crippen LogP contribution in [-0.4, -0.2) is 19.5 Å². The Balaban J connectivity index is 2.19. The second-order valence-electron chi connectivity index (χ2n) is 5.20. The van der Waals surface area contributed by atoms with E-state index >= 15 is 0 Å². The molecule has 2 aromatic heterocycles. The molecule has 2 heterocycles. The van der Waals surface area contributed by atoms with Crippen molar-refractivity contribution in [2.75, 3.05) is 0 Å². The highest BCUT2D eigenvalue weighted by atomic mass is 35.5. The van der Waals surface area contributed by atoms with Crippen molar-refractivity contribution in [3.8, 4) is 5.88 Å². The Morgan fingerprint density at radius 3 is 2.67 bits per heavy atom. The number of aromatic hydroxyl groups is 1. The number of nitrogens with zero attached hydrogens (tertiary/aromatic N) is 3. The van der Waals surface area contributed by atoms with Gasteiger partial charge in [0, 0.05) is 10.4 Å². The first-order chi connectivity index (χ1) is 11.6. The molecule has 0 spiro atoms. The normalized spacial score (nSPS) is 12.1. The Hall–Kier alpha value is -3.12. The topological polar surface area (TPSA) is 82.8 Å². The number of aromatic nitrogens is 3. The molecular formula is C17H11ClN4O2. The van der Waals surface area contributed by atoms with Crippen molar-refractivity contribution in [2.45, 2.75) is 0 Å². The van der Waals surface area contributed by atoms with Crippen LogP contribution in [0.3, 0.4) is 0 Å². The zero-order valence-electron chi connectivity index (χ0n) is 12.3. The van der Waals surface area contributed by atoms with Gasteiger partial charge in [0.2, 0.25) is 11.5 Å². The van der Waals surface area contributed by atoms with Crippen LogP contribution in [0.5, 0.6) is 5.88 Å². The predicted molar refractivity (Wildman–Crippen MR) is 91.7 cm³/mol. The molecule has 4 rings (SSSR count). The number of para-hydroxylation sites is 1. The van der Waals surface area contributed by atoms with Crippen LogP contribution in [0, 0.1) is 0 Å². The summed E-state index contributed by atoms with van der Waals surface area (Å²) in [6.45, 7) is 0. The molecule has 0 amide bonds. The molecule has 0 saturated carbocycles. The van der Waals surface area contributed by atoms with E-state index in [0.29, 0.717) is 21.7 Å². The van der Waals surface area contributed by atoms with Gasteiger partial charge in [-0.3, -0.25) is 4.98 Å². The second-order valence-corrected chi connectivity index (χ2v) is 5.64. The molecule has 118 valence electrons. The average molecular weight is 339 g/mol. The quantitative estimate of drug-likeness (QED) is 0.560. The molecule has 6 nitrogen and oxygen atoms in total. The van der Waals surface area contributed by atoms with Crippen molar-refractivity contribution in [1.29, 1.82) is 0 Å². The van der Waals surface area contributed by atoms with Crippen molar-refractivity contribution < 1.29 is 5.11 Å². The van der Waals surface area contributed by atoms with Gasteiger partial charge in [0.05, 0.1) is 11.2 Å². The number of H-pyrrole nitrogens is 1. The molecule has 0 unspecified atom stereocenters. The van der Waals surface area contributed by atoms with Crippen molar-refractivity contribution in [1.82, 2.24) is 14.4 Å².